The summed E-state index contributed by atoms with van der Waals surface area (Å²) in [6.07, 6.45) is 4.00. The van der Waals surface area contributed by atoms with Crippen LogP contribution >= 0.6 is 0 Å². The molecule has 1 fully saturated rings. The van der Waals surface area contributed by atoms with Crippen LogP contribution in [0.2, 0.25) is 0 Å². The van der Waals surface area contributed by atoms with Gasteiger partial charge < -0.3 is 20.5 Å². The van der Waals surface area contributed by atoms with Gasteiger partial charge in [0.25, 0.3) is 5.91 Å². The molecule has 1 aliphatic heterocycles. The molecule has 2 amide bonds. The van der Waals surface area contributed by atoms with E-state index in [1.165, 1.54) is 6.33 Å². The second-order valence-electron chi connectivity index (χ2n) is 8.80. The molecule has 178 valence electrons. The maximum Gasteiger partial charge on any atom is 0.253 e. The van der Waals surface area contributed by atoms with Crippen molar-refractivity contribution in [2.24, 2.45) is 7.05 Å². The maximum absolute atomic E-state index is 12.8. The number of likely N-dealkylation sites (tertiary alicyclic amines) is 1. The van der Waals surface area contributed by atoms with Crippen molar-refractivity contribution in [1.82, 2.24) is 19.4 Å². The van der Waals surface area contributed by atoms with E-state index >= 15 is 0 Å². The number of aryl methyl sites for hydroxylation is 1. The summed E-state index contributed by atoms with van der Waals surface area (Å²) in [4.78, 5) is 35.2. The molecule has 2 aromatic carbocycles. The van der Waals surface area contributed by atoms with E-state index in [1.54, 1.807) is 0 Å². The Balaban J connectivity index is 1.60. The Hall–Kier alpha value is -4.20. The molecule has 3 heterocycles. The second kappa shape index (κ2) is 9.21. The third kappa shape index (κ3) is 4.12. The van der Waals surface area contributed by atoms with Crippen molar-refractivity contribution in [1.29, 1.82) is 0 Å². The van der Waals surface area contributed by atoms with Crippen LogP contribution < -0.4 is 11.1 Å². The molecular weight excluding hydrogens is 440 g/mol. The van der Waals surface area contributed by atoms with Gasteiger partial charge in [-0.1, -0.05) is 31.2 Å². The summed E-state index contributed by atoms with van der Waals surface area (Å²) < 4.78 is 2.01. The van der Waals surface area contributed by atoms with Crippen molar-refractivity contribution < 1.29 is 9.59 Å². The summed E-state index contributed by atoms with van der Waals surface area (Å²) in [5, 5.41) is 3.65. The normalized spacial score (nSPS) is 13.4. The first-order valence-electron chi connectivity index (χ1n) is 11.9. The highest BCUT2D eigenvalue weighted by Crippen LogP contribution is 2.41. The fourth-order valence-electron chi connectivity index (χ4n) is 4.74. The lowest BCUT2D eigenvalue weighted by molar-refractivity contribution is -0.115. The molecule has 0 aliphatic carbocycles. The minimum Gasteiger partial charge on any atom is -0.383 e. The van der Waals surface area contributed by atoms with Crippen molar-refractivity contribution in [2.45, 2.75) is 26.2 Å². The van der Waals surface area contributed by atoms with Gasteiger partial charge in [0, 0.05) is 43.4 Å². The first-order valence-corrected chi connectivity index (χ1v) is 11.9. The van der Waals surface area contributed by atoms with Gasteiger partial charge in [0.05, 0.1) is 11.1 Å². The lowest BCUT2D eigenvalue weighted by Crippen LogP contribution is -2.27. The van der Waals surface area contributed by atoms with E-state index in [1.807, 2.05) is 72.0 Å². The number of nitrogens with two attached hydrogens (primary N) is 1. The summed E-state index contributed by atoms with van der Waals surface area (Å²) in [5.41, 5.74) is 12.2. The zero-order valence-electron chi connectivity index (χ0n) is 19.9. The number of fused-ring (bicyclic) bond motifs is 1. The van der Waals surface area contributed by atoms with Crippen molar-refractivity contribution in [3.8, 4) is 22.4 Å². The Kier molecular flexibility index (Phi) is 5.94. The highest BCUT2D eigenvalue weighted by atomic mass is 16.2. The number of carbonyl (C=O) groups is 2. The van der Waals surface area contributed by atoms with Crippen LogP contribution in [0.5, 0.6) is 0 Å². The fraction of sp³-hybridized carbons (Fsp3) is 0.259. The number of aromatic nitrogens is 3. The van der Waals surface area contributed by atoms with Gasteiger partial charge in [-0.2, -0.15) is 0 Å². The van der Waals surface area contributed by atoms with E-state index in [2.05, 4.69) is 15.3 Å². The van der Waals surface area contributed by atoms with Crippen LogP contribution in [0.1, 0.15) is 36.5 Å². The first kappa shape index (κ1) is 22.6. The summed E-state index contributed by atoms with van der Waals surface area (Å²) >= 11 is 0. The van der Waals surface area contributed by atoms with E-state index in [0.29, 0.717) is 17.8 Å². The molecule has 5 rings (SSSR count). The molecule has 0 saturated carbocycles. The molecule has 4 aromatic rings. The molecule has 3 N–H and O–H groups in total. The Labute approximate surface area is 203 Å². The van der Waals surface area contributed by atoms with Crippen LogP contribution in [0.4, 0.5) is 11.5 Å². The molecule has 0 atom stereocenters. The smallest absolute Gasteiger partial charge is 0.253 e. The minimum absolute atomic E-state index is 0.0327. The quantitative estimate of drug-likeness (QED) is 0.450. The number of hydrogen-bond donors (Lipinski definition) is 2. The lowest BCUT2D eigenvalue weighted by Gasteiger charge is -2.15. The molecule has 1 aliphatic rings. The SMILES string of the molecule is CCC(=O)Nc1ccc(-c2c(-c3ccc(C(=O)N4CCCC4)cc3)c3c(N)ncnc3n2C)cc1. The van der Waals surface area contributed by atoms with Crippen LogP contribution in [0.3, 0.4) is 0 Å². The number of amides is 2. The molecule has 1 saturated heterocycles. The molecule has 2 aromatic heterocycles. The van der Waals surface area contributed by atoms with Crippen molar-refractivity contribution in [2.75, 3.05) is 24.1 Å². The third-order valence-electron chi connectivity index (χ3n) is 6.57. The van der Waals surface area contributed by atoms with Gasteiger partial charge in [0.1, 0.15) is 17.8 Å². The summed E-state index contributed by atoms with van der Waals surface area (Å²) in [6.45, 7) is 3.45. The highest BCUT2D eigenvalue weighted by molar-refractivity contribution is 6.08. The van der Waals surface area contributed by atoms with Gasteiger partial charge in [-0.15, -0.1) is 0 Å². The zero-order chi connectivity index (χ0) is 24.5. The third-order valence-corrected chi connectivity index (χ3v) is 6.57. The highest BCUT2D eigenvalue weighted by Gasteiger charge is 2.23. The standard InChI is InChI=1S/C27H28N6O2/c1-3-21(34)31-20-12-10-18(11-13-20)24-22(23-25(28)29-16-30-26(23)32(24)2)17-6-8-19(9-7-17)27(35)33-14-4-5-15-33/h6-13,16H,3-5,14-15H2,1-2H3,(H,31,34)(H2,28,29,30). The number of nitrogen functional groups attached to an aromatic ring is 1. The Morgan fingerprint density at radius 2 is 1.63 bits per heavy atom. The van der Waals surface area contributed by atoms with E-state index in [4.69, 9.17) is 5.73 Å². The summed E-state index contributed by atoms with van der Waals surface area (Å²) in [5.74, 6) is 0.435. The first-order chi connectivity index (χ1) is 17.0. The van der Waals surface area contributed by atoms with E-state index in [0.717, 1.165) is 65.0 Å². The number of nitrogens with zero attached hydrogens (tertiary/aromatic N) is 4. The van der Waals surface area contributed by atoms with E-state index in [-0.39, 0.29) is 11.8 Å². The molecule has 0 unspecified atom stereocenters. The number of carbonyl (C=O) groups excluding carboxylic acids is 2. The Morgan fingerprint density at radius 3 is 2.29 bits per heavy atom. The van der Waals surface area contributed by atoms with Crippen LogP contribution in [0.15, 0.2) is 54.9 Å². The average molecular weight is 469 g/mol. The number of benzene rings is 2. The van der Waals surface area contributed by atoms with Crippen molar-refractivity contribution in [3.63, 3.8) is 0 Å². The molecule has 0 bridgehead atoms. The number of rotatable bonds is 5. The van der Waals surface area contributed by atoms with Crippen LogP contribution in [-0.2, 0) is 11.8 Å². The fourth-order valence-corrected chi connectivity index (χ4v) is 4.74. The van der Waals surface area contributed by atoms with Gasteiger partial charge in [0.15, 0.2) is 0 Å². The predicted molar refractivity (Wildman–Crippen MR) is 138 cm³/mol. The lowest BCUT2D eigenvalue weighted by atomic mass is 9.97. The van der Waals surface area contributed by atoms with Crippen molar-refractivity contribution >= 4 is 34.4 Å². The summed E-state index contributed by atoms with van der Waals surface area (Å²) in [6, 6.07) is 15.4. The molecule has 8 heteroatoms. The predicted octanol–water partition coefficient (Wildman–Crippen LogP) is 4.47. The van der Waals surface area contributed by atoms with Crippen LogP contribution in [0.25, 0.3) is 33.4 Å². The van der Waals surface area contributed by atoms with Crippen molar-refractivity contribution in [3.05, 3.63) is 60.4 Å². The average Bonchev–Trinajstić information content (AvgIpc) is 3.52. The van der Waals surface area contributed by atoms with E-state index < -0.39 is 0 Å². The van der Waals surface area contributed by atoms with Crippen LogP contribution in [0, 0.1) is 0 Å². The van der Waals surface area contributed by atoms with Gasteiger partial charge >= 0.3 is 0 Å². The Bertz CT molecular complexity index is 1400. The van der Waals surface area contributed by atoms with Gasteiger partial charge in [-0.05, 0) is 48.2 Å². The molecule has 0 spiro atoms. The number of anilines is 2. The zero-order valence-corrected chi connectivity index (χ0v) is 19.9. The van der Waals surface area contributed by atoms with Gasteiger partial charge in [-0.25, -0.2) is 9.97 Å². The molecule has 8 nitrogen and oxygen atoms in total. The Morgan fingerprint density at radius 1 is 0.971 bits per heavy atom. The summed E-state index contributed by atoms with van der Waals surface area (Å²) in [7, 11) is 1.95. The van der Waals surface area contributed by atoms with Gasteiger partial charge in [-0.3, -0.25) is 9.59 Å². The molecule has 0 radical (unpaired) electrons. The molecular formula is C27H28N6O2. The maximum atomic E-state index is 12.8. The minimum atomic E-state index is -0.0327. The number of nitrogens with one attached hydrogen (secondary N) is 1. The van der Waals surface area contributed by atoms with Crippen LogP contribution in [-0.4, -0.2) is 44.3 Å². The number of hydrogen-bond acceptors (Lipinski definition) is 5. The van der Waals surface area contributed by atoms with Gasteiger partial charge in [0.2, 0.25) is 5.91 Å². The largest absolute Gasteiger partial charge is 0.383 e. The second-order valence-corrected chi connectivity index (χ2v) is 8.80. The monoisotopic (exact) mass is 468 g/mol. The van der Waals surface area contributed by atoms with E-state index in [9.17, 15) is 9.59 Å². The topological polar surface area (TPSA) is 106 Å². The molecule has 35 heavy (non-hydrogen) atoms.